The molecule has 1 aromatic carbocycles. The van der Waals surface area contributed by atoms with Gasteiger partial charge in [0.1, 0.15) is 23.1 Å². The Morgan fingerprint density at radius 3 is 2.75 bits per heavy atom. The molecule has 140 valence electrons. The minimum Gasteiger partial charge on any atom is -0.467 e. The van der Waals surface area contributed by atoms with Gasteiger partial charge in [0, 0.05) is 21.6 Å². The van der Waals surface area contributed by atoms with Crippen LogP contribution in [0.5, 0.6) is 0 Å². The SMILES string of the molecule is O=C(Nc1ccnn1Cc1ccco1)c1cccnc1Sc1ccc(Br)cc1. The molecular weight excluding hydrogens is 440 g/mol. The van der Waals surface area contributed by atoms with E-state index in [0.717, 1.165) is 15.1 Å². The lowest BCUT2D eigenvalue weighted by Crippen LogP contribution is -2.17. The zero-order valence-electron chi connectivity index (χ0n) is 14.6. The number of pyridine rings is 1. The van der Waals surface area contributed by atoms with E-state index in [1.54, 1.807) is 41.5 Å². The molecule has 0 aliphatic carbocycles. The highest BCUT2D eigenvalue weighted by molar-refractivity contribution is 9.10. The van der Waals surface area contributed by atoms with E-state index < -0.39 is 0 Å². The molecule has 1 N–H and O–H groups in total. The van der Waals surface area contributed by atoms with Crippen LogP contribution in [0.3, 0.4) is 0 Å². The van der Waals surface area contributed by atoms with Crippen LogP contribution in [0.1, 0.15) is 16.1 Å². The summed E-state index contributed by atoms with van der Waals surface area (Å²) < 4.78 is 8.03. The average Bonchev–Trinajstić information content (AvgIpc) is 3.37. The van der Waals surface area contributed by atoms with Gasteiger partial charge < -0.3 is 9.73 Å². The van der Waals surface area contributed by atoms with E-state index in [9.17, 15) is 4.79 Å². The average molecular weight is 455 g/mol. The van der Waals surface area contributed by atoms with Crippen molar-refractivity contribution in [3.05, 3.63) is 89.1 Å². The van der Waals surface area contributed by atoms with Crippen LogP contribution < -0.4 is 5.32 Å². The van der Waals surface area contributed by atoms with Gasteiger partial charge in [-0.3, -0.25) is 4.79 Å². The molecule has 0 aliphatic rings. The number of carbonyl (C=O) groups is 1. The third-order valence-corrected chi connectivity index (χ3v) is 5.44. The van der Waals surface area contributed by atoms with Crippen molar-refractivity contribution in [3.8, 4) is 0 Å². The van der Waals surface area contributed by atoms with Crippen LogP contribution in [-0.4, -0.2) is 20.7 Å². The normalized spacial score (nSPS) is 10.8. The van der Waals surface area contributed by atoms with Gasteiger partial charge >= 0.3 is 0 Å². The highest BCUT2D eigenvalue weighted by atomic mass is 79.9. The highest BCUT2D eigenvalue weighted by Gasteiger charge is 2.16. The molecular formula is C20H15BrN4O2S. The smallest absolute Gasteiger partial charge is 0.259 e. The first-order valence-electron chi connectivity index (χ1n) is 8.43. The maximum absolute atomic E-state index is 12.9. The molecule has 6 nitrogen and oxygen atoms in total. The number of benzene rings is 1. The standard InChI is InChI=1S/C20H15BrN4O2S/c21-14-5-7-16(8-6-14)28-20-17(4-1-10-22-20)19(26)24-18-9-11-23-25(18)13-15-3-2-12-27-15/h1-12H,13H2,(H,24,26). The van der Waals surface area contributed by atoms with Gasteiger partial charge in [-0.05, 0) is 48.5 Å². The Morgan fingerprint density at radius 1 is 1.11 bits per heavy atom. The van der Waals surface area contributed by atoms with Gasteiger partial charge in [0.2, 0.25) is 0 Å². The number of rotatable bonds is 6. The first-order chi connectivity index (χ1) is 13.7. The molecule has 0 saturated heterocycles. The van der Waals surface area contributed by atoms with Crippen LogP contribution in [0, 0.1) is 0 Å². The van der Waals surface area contributed by atoms with Crippen molar-refractivity contribution in [2.45, 2.75) is 16.5 Å². The molecule has 0 radical (unpaired) electrons. The fourth-order valence-corrected chi connectivity index (χ4v) is 3.70. The molecule has 3 aromatic heterocycles. The third-order valence-electron chi connectivity index (χ3n) is 3.89. The minimum atomic E-state index is -0.242. The maximum Gasteiger partial charge on any atom is 0.259 e. The Balaban J connectivity index is 1.53. The number of amides is 1. The van der Waals surface area contributed by atoms with Crippen molar-refractivity contribution < 1.29 is 9.21 Å². The molecule has 8 heteroatoms. The Bertz CT molecular complexity index is 1080. The van der Waals surface area contributed by atoms with Gasteiger partial charge in [0.15, 0.2) is 0 Å². The van der Waals surface area contributed by atoms with E-state index in [0.29, 0.717) is 23.0 Å². The second-order valence-corrected chi connectivity index (χ2v) is 7.80. The van der Waals surface area contributed by atoms with Crippen molar-refractivity contribution in [1.29, 1.82) is 0 Å². The van der Waals surface area contributed by atoms with Gasteiger partial charge in [0.25, 0.3) is 5.91 Å². The molecule has 4 rings (SSSR count). The molecule has 0 saturated carbocycles. The summed E-state index contributed by atoms with van der Waals surface area (Å²) in [5.74, 6) is 1.10. The summed E-state index contributed by atoms with van der Waals surface area (Å²) in [6.07, 6.45) is 4.93. The molecule has 4 aromatic rings. The minimum absolute atomic E-state index is 0.242. The second-order valence-electron chi connectivity index (χ2n) is 5.82. The van der Waals surface area contributed by atoms with Crippen LogP contribution in [0.25, 0.3) is 0 Å². The summed E-state index contributed by atoms with van der Waals surface area (Å²) >= 11 is 4.87. The van der Waals surface area contributed by atoms with Crippen molar-refractivity contribution in [2.24, 2.45) is 0 Å². The van der Waals surface area contributed by atoms with Gasteiger partial charge in [-0.25, -0.2) is 9.67 Å². The molecule has 0 atom stereocenters. The molecule has 0 spiro atoms. The second kappa shape index (κ2) is 8.45. The summed E-state index contributed by atoms with van der Waals surface area (Å²) in [7, 11) is 0. The number of nitrogens with one attached hydrogen (secondary N) is 1. The van der Waals surface area contributed by atoms with Crippen LogP contribution in [0.4, 0.5) is 5.82 Å². The lowest BCUT2D eigenvalue weighted by atomic mass is 10.2. The number of anilines is 1. The Morgan fingerprint density at radius 2 is 1.96 bits per heavy atom. The Labute approximate surface area is 174 Å². The van der Waals surface area contributed by atoms with Crippen LogP contribution in [0.2, 0.25) is 0 Å². The molecule has 0 unspecified atom stereocenters. The number of halogens is 1. The highest BCUT2D eigenvalue weighted by Crippen LogP contribution is 2.30. The summed E-state index contributed by atoms with van der Waals surface area (Å²) in [6.45, 7) is 0.434. The number of aromatic nitrogens is 3. The summed E-state index contributed by atoms with van der Waals surface area (Å²) in [6, 6.07) is 16.8. The van der Waals surface area contributed by atoms with Crippen molar-refractivity contribution >= 4 is 39.4 Å². The molecule has 3 heterocycles. The number of nitrogens with zero attached hydrogens (tertiary/aromatic N) is 3. The van der Waals surface area contributed by atoms with Crippen LogP contribution in [0.15, 0.2) is 92.1 Å². The Hall–Kier alpha value is -2.84. The van der Waals surface area contributed by atoms with E-state index in [2.05, 4.69) is 31.3 Å². The van der Waals surface area contributed by atoms with Gasteiger partial charge in [-0.1, -0.05) is 27.7 Å². The number of hydrogen-bond donors (Lipinski definition) is 1. The van der Waals surface area contributed by atoms with E-state index >= 15 is 0 Å². The van der Waals surface area contributed by atoms with Crippen molar-refractivity contribution in [1.82, 2.24) is 14.8 Å². The zero-order valence-corrected chi connectivity index (χ0v) is 17.0. The van der Waals surface area contributed by atoms with Gasteiger partial charge in [0.05, 0.1) is 18.0 Å². The topological polar surface area (TPSA) is 73.0 Å². The van der Waals surface area contributed by atoms with E-state index in [4.69, 9.17) is 4.42 Å². The van der Waals surface area contributed by atoms with E-state index in [1.165, 1.54) is 11.8 Å². The summed E-state index contributed by atoms with van der Waals surface area (Å²) in [4.78, 5) is 18.3. The summed E-state index contributed by atoms with van der Waals surface area (Å²) in [5.41, 5.74) is 0.501. The molecule has 0 bridgehead atoms. The fourth-order valence-electron chi connectivity index (χ4n) is 2.56. The third kappa shape index (κ3) is 4.35. The van der Waals surface area contributed by atoms with Gasteiger partial charge in [-0.15, -0.1) is 0 Å². The van der Waals surface area contributed by atoms with E-state index in [-0.39, 0.29) is 5.91 Å². The number of furan rings is 1. The molecule has 1 amide bonds. The zero-order chi connectivity index (χ0) is 19.3. The maximum atomic E-state index is 12.9. The predicted octanol–water partition coefficient (Wildman–Crippen LogP) is 5.09. The lowest BCUT2D eigenvalue weighted by molar-refractivity contribution is 0.102. The number of carbonyl (C=O) groups excluding carboxylic acids is 1. The van der Waals surface area contributed by atoms with Crippen molar-refractivity contribution in [2.75, 3.05) is 5.32 Å². The molecule has 0 aliphatic heterocycles. The fraction of sp³-hybridized carbons (Fsp3) is 0.0500. The monoisotopic (exact) mass is 454 g/mol. The first-order valence-corrected chi connectivity index (χ1v) is 10.0. The van der Waals surface area contributed by atoms with Gasteiger partial charge in [-0.2, -0.15) is 5.10 Å². The Kier molecular flexibility index (Phi) is 5.59. The lowest BCUT2D eigenvalue weighted by Gasteiger charge is -2.10. The first kappa shape index (κ1) is 18.5. The largest absolute Gasteiger partial charge is 0.467 e. The van der Waals surface area contributed by atoms with E-state index in [1.807, 2.05) is 36.4 Å². The van der Waals surface area contributed by atoms with Crippen LogP contribution >= 0.6 is 27.7 Å². The number of hydrogen-bond acceptors (Lipinski definition) is 5. The van der Waals surface area contributed by atoms with Crippen molar-refractivity contribution in [3.63, 3.8) is 0 Å². The quantitative estimate of drug-likeness (QED) is 0.439. The van der Waals surface area contributed by atoms with Crippen LogP contribution in [-0.2, 0) is 6.54 Å². The summed E-state index contributed by atoms with van der Waals surface area (Å²) in [5, 5.41) is 7.80. The molecule has 0 fully saturated rings. The molecule has 28 heavy (non-hydrogen) atoms. The predicted molar refractivity (Wildman–Crippen MR) is 110 cm³/mol.